The van der Waals surface area contributed by atoms with Crippen molar-refractivity contribution < 1.29 is 27.5 Å². The number of aromatic carboxylic acids is 1. The fraction of sp³-hybridized carbons (Fsp3) is 0.294. The summed E-state index contributed by atoms with van der Waals surface area (Å²) in [5.74, 6) is -2.35. The lowest BCUT2D eigenvalue weighted by Gasteiger charge is -2.24. The first-order valence-corrected chi connectivity index (χ1v) is 7.52. The fourth-order valence-electron chi connectivity index (χ4n) is 2.44. The van der Waals surface area contributed by atoms with Crippen LogP contribution in [0.5, 0.6) is 0 Å². The van der Waals surface area contributed by atoms with Crippen molar-refractivity contribution in [2.24, 2.45) is 0 Å². The van der Waals surface area contributed by atoms with E-state index in [1.165, 1.54) is 0 Å². The average molecular weight is 376 g/mol. The molecule has 0 amide bonds. The van der Waals surface area contributed by atoms with E-state index in [0.29, 0.717) is 0 Å². The third-order valence-corrected chi connectivity index (χ3v) is 3.82. The molecule has 0 bridgehead atoms. The highest BCUT2D eigenvalue weighted by atomic mass is 35.5. The Morgan fingerprint density at radius 1 is 1.12 bits per heavy atom. The number of alkyl halides is 3. The number of pyridine rings is 1. The molecule has 0 aliphatic heterocycles. The van der Waals surface area contributed by atoms with Gasteiger partial charge in [0.25, 0.3) is 0 Å². The Hall–Kier alpha value is -2.15. The minimum absolute atomic E-state index is 0.0647. The minimum atomic E-state index is -4.52. The van der Waals surface area contributed by atoms with Gasteiger partial charge in [-0.2, -0.15) is 13.2 Å². The van der Waals surface area contributed by atoms with Crippen LogP contribution in [0.15, 0.2) is 24.3 Å². The standard InChI is InChI=1S/C17H14ClF4NO2/c1-16(2,3)11-10(15(24)25)14(18)23-13(12(11)19)8-4-6-9(7-5-8)17(20,21)22/h4-7H,1-3H3,(H,24,25). The second kappa shape index (κ2) is 6.29. The van der Waals surface area contributed by atoms with Crippen LogP contribution in [0.25, 0.3) is 11.3 Å². The SMILES string of the molecule is CC(C)(C)c1c(F)c(-c2ccc(C(F)(F)F)cc2)nc(Cl)c1C(=O)O. The molecule has 0 radical (unpaired) electrons. The monoisotopic (exact) mass is 375 g/mol. The van der Waals surface area contributed by atoms with Gasteiger partial charge in [0, 0.05) is 11.1 Å². The Morgan fingerprint density at radius 2 is 1.64 bits per heavy atom. The van der Waals surface area contributed by atoms with Gasteiger partial charge in [-0.15, -0.1) is 0 Å². The second-order valence-corrected chi connectivity index (χ2v) is 6.80. The average Bonchev–Trinajstić information content (AvgIpc) is 2.46. The Morgan fingerprint density at radius 3 is 2.04 bits per heavy atom. The van der Waals surface area contributed by atoms with Gasteiger partial charge in [0.2, 0.25) is 0 Å². The van der Waals surface area contributed by atoms with Crippen LogP contribution in [0.3, 0.4) is 0 Å². The van der Waals surface area contributed by atoms with Crippen LogP contribution in [0.1, 0.15) is 42.3 Å². The van der Waals surface area contributed by atoms with Crippen molar-refractivity contribution in [2.75, 3.05) is 0 Å². The lowest BCUT2D eigenvalue weighted by Crippen LogP contribution is -2.21. The summed E-state index contributed by atoms with van der Waals surface area (Å²) >= 11 is 5.92. The summed E-state index contributed by atoms with van der Waals surface area (Å²) in [4.78, 5) is 15.2. The summed E-state index contributed by atoms with van der Waals surface area (Å²) < 4.78 is 52.9. The normalized spacial score (nSPS) is 12.3. The van der Waals surface area contributed by atoms with Crippen LogP contribution < -0.4 is 0 Å². The molecule has 2 aromatic rings. The first kappa shape index (κ1) is 19.2. The fourth-order valence-corrected chi connectivity index (χ4v) is 2.70. The molecule has 8 heteroatoms. The molecule has 1 N–H and O–H groups in total. The molecule has 0 spiro atoms. The minimum Gasteiger partial charge on any atom is -0.478 e. The lowest BCUT2D eigenvalue weighted by molar-refractivity contribution is -0.137. The van der Waals surface area contributed by atoms with E-state index in [0.717, 1.165) is 24.3 Å². The number of aromatic nitrogens is 1. The van der Waals surface area contributed by atoms with Gasteiger partial charge in [0.05, 0.1) is 5.56 Å². The molecule has 3 nitrogen and oxygen atoms in total. The molecule has 1 aromatic carbocycles. The van der Waals surface area contributed by atoms with Crippen molar-refractivity contribution in [3.8, 4) is 11.3 Å². The quantitative estimate of drug-likeness (QED) is 0.552. The summed E-state index contributed by atoms with van der Waals surface area (Å²) in [5.41, 5.74) is -2.65. The van der Waals surface area contributed by atoms with Gasteiger partial charge in [-0.1, -0.05) is 44.5 Å². The number of rotatable bonds is 2. The maximum Gasteiger partial charge on any atom is 0.416 e. The van der Waals surface area contributed by atoms with E-state index in [2.05, 4.69) is 4.98 Å². The van der Waals surface area contributed by atoms with Gasteiger partial charge in [-0.25, -0.2) is 14.2 Å². The molecule has 0 saturated carbocycles. The molecule has 0 saturated heterocycles. The highest BCUT2D eigenvalue weighted by molar-refractivity contribution is 6.32. The Kier molecular flexibility index (Phi) is 4.83. The van der Waals surface area contributed by atoms with Crippen molar-refractivity contribution in [3.05, 3.63) is 51.9 Å². The van der Waals surface area contributed by atoms with Gasteiger partial charge in [-0.3, -0.25) is 0 Å². The van der Waals surface area contributed by atoms with E-state index in [1.807, 2.05) is 0 Å². The molecule has 0 aliphatic carbocycles. The molecular weight excluding hydrogens is 362 g/mol. The van der Waals surface area contributed by atoms with Gasteiger partial charge in [-0.05, 0) is 17.5 Å². The number of carboxylic acids is 1. The number of hydrogen-bond acceptors (Lipinski definition) is 2. The zero-order valence-electron chi connectivity index (χ0n) is 13.5. The Bertz CT molecular complexity index is 825. The Balaban J connectivity index is 2.72. The number of halogens is 5. The largest absolute Gasteiger partial charge is 0.478 e. The van der Waals surface area contributed by atoms with E-state index in [-0.39, 0.29) is 16.8 Å². The summed E-state index contributed by atoms with van der Waals surface area (Å²) in [7, 11) is 0. The van der Waals surface area contributed by atoms with E-state index in [9.17, 15) is 27.5 Å². The molecule has 0 aliphatic rings. The molecule has 1 aromatic heterocycles. The van der Waals surface area contributed by atoms with Crippen molar-refractivity contribution in [1.29, 1.82) is 0 Å². The third-order valence-electron chi connectivity index (χ3n) is 3.54. The summed E-state index contributed by atoms with van der Waals surface area (Å²) in [6.07, 6.45) is -4.52. The van der Waals surface area contributed by atoms with E-state index >= 15 is 0 Å². The van der Waals surface area contributed by atoms with E-state index in [1.54, 1.807) is 20.8 Å². The first-order chi connectivity index (χ1) is 11.3. The molecule has 0 unspecified atom stereocenters. The maximum atomic E-state index is 15.0. The van der Waals surface area contributed by atoms with Crippen molar-refractivity contribution in [2.45, 2.75) is 32.4 Å². The summed E-state index contributed by atoms with van der Waals surface area (Å²) in [6, 6.07) is 3.73. The van der Waals surface area contributed by atoms with E-state index in [4.69, 9.17) is 11.6 Å². The van der Waals surface area contributed by atoms with Crippen LogP contribution in [-0.2, 0) is 11.6 Å². The molecule has 2 rings (SSSR count). The maximum absolute atomic E-state index is 15.0. The van der Waals surface area contributed by atoms with Gasteiger partial charge in [0.15, 0.2) is 5.82 Å². The zero-order chi connectivity index (χ0) is 19.2. The van der Waals surface area contributed by atoms with Gasteiger partial charge < -0.3 is 5.11 Å². The van der Waals surface area contributed by atoms with Crippen LogP contribution in [-0.4, -0.2) is 16.1 Å². The molecule has 25 heavy (non-hydrogen) atoms. The topological polar surface area (TPSA) is 50.2 Å². The van der Waals surface area contributed by atoms with Crippen molar-refractivity contribution >= 4 is 17.6 Å². The lowest BCUT2D eigenvalue weighted by atomic mass is 9.83. The van der Waals surface area contributed by atoms with Crippen LogP contribution in [0.2, 0.25) is 5.15 Å². The van der Waals surface area contributed by atoms with Crippen LogP contribution >= 0.6 is 11.6 Å². The second-order valence-electron chi connectivity index (χ2n) is 6.45. The van der Waals surface area contributed by atoms with Crippen LogP contribution in [0, 0.1) is 5.82 Å². The van der Waals surface area contributed by atoms with Crippen molar-refractivity contribution in [1.82, 2.24) is 4.98 Å². The number of benzene rings is 1. The predicted octanol–water partition coefficient (Wildman–Crippen LogP) is 5.56. The Labute approximate surface area is 146 Å². The van der Waals surface area contributed by atoms with E-state index < -0.39 is 39.7 Å². The van der Waals surface area contributed by atoms with Crippen LogP contribution in [0.4, 0.5) is 17.6 Å². The summed E-state index contributed by atoms with van der Waals surface area (Å²) in [6.45, 7) is 4.81. The van der Waals surface area contributed by atoms with Crippen molar-refractivity contribution in [3.63, 3.8) is 0 Å². The highest BCUT2D eigenvalue weighted by Gasteiger charge is 2.33. The first-order valence-electron chi connectivity index (χ1n) is 7.14. The number of carbonyl (C=O) groups is 1. The molecule has 0 atom stereocenters. The predicted molar refractivity (Wildman–Crippen MR) is 85.3 cm³/mol. The molecular formula is C17H14ClF4NO2. The smallest absolute Gasteiger partial charge is 0.416 e. The zero-order valence-corrected chi connectivity index (χ0v) is 14.3. The third kappa shape index (κ3) is 3.76. The molecule has 0 fully saturated rings. The van der Waals surface area contributed by atoms with Gasteiger partial charge in [0.1, 0.15) is 16.4 Å². The highest BCUT2D eigenvalue weighted by Crippen LogP contribution is 2.37. The number of nitrogens with zero attached hydrogens (tertiary/aromatic N) is 1. The van der Waals surface area contributed by atoms with Gasteiger partial charge >= 0.3 is 12.1 Å². The number of hydrogen-bond donors (Lipinski definition) is 1. The number of carboxylic acid groups (broad SMARTS) is 1. The molecule has 134 valence electrons. The summed E-state index contributed by atoms with van der Waals surface area (Å²) in [5, 5.41) is 8.88. The molecule has 1 heterocycles.